The Labute approximate surface area is 162 Å². The average molecular weight is 383 g/mol. The molecule has 0 unspecified atom stereocenters. The molecule has 0 heterocycles. The van der Waals surface area contributed by atoms with Crippen LogP contribution in [0.5, 0.6) is 0 Å². The van der Waals surface area contributed by atoms with Gasteiger partial charge in [-0.25, -0.2) is 0 Å². The number of thioether (sulfide) groups is 1. The maximum atomic E-state index is 12.1. The van der Waals surface area contributed by atoms with Crippen molar-refractivity contribution in [3.8, 4) is 0 Å². The number of benzene rings is 2. The highest BCUT2D eigenvalue weighted by molar-refractivity contribution is 8.00. The summed E-state index contributed by atoms with van der Waals surface area (Å²) in [6, 6.07) is 12.8. The second-order valence-electron chi connectivity index (χ2n) is 6.42. The van der Waals surface area contributed by atoms with Gasteiger partial charge in [-0.2, -0.15) is 0 Å². The van der Waals surface area contributed by atoms with Crippen LogP contribution in [-0.2, 0) is 27.2 Å². The van der Waals surface area contributed by atoms with Crippen molar-refractivity contribution < 1.29 is 19.1 Å². The van der Waals surface area contributed by atoms with Gasteiger partial charge in [-0.3, -0.25) is 14.4 Å². The molecule has 0 fully saturated rings. The van der Waals surface area contributed by atoms with Gasteiger partial charge in [0.15, 0.2) is 12.4 Å². The summed E-state index contributed by atoms with van der Waals surface area (Å²) in [6.45, 7) is 1.13. The number of carbonyl (C=O) groups excluding carboxylic acids is 3. The molecule has 1 aliphatic carbocycles. The first kappa shape index (κ1) is 19.2. The third-order valence-electron chi connectivity index (χ3n) is 4.32. The normalized spacial score (nSPS) is 12.3. The van der Waals surface area contributed by atoms with Gasteiger partial charge in [0.2, 0.25) is 5.91 Å². The molecular formula is C21H21NO4S. The summed E-state index contributed by atoms with van der Waals surface area (Å²) < 4.78 is 5.09. The Morgan fingerprint density at radius 2 is 1.78 bits per heavy atom. The van der Waals surface area contributed by atoms with Crippen LogP contribution in [0.1, 0.15) is 34.8 Å². The average Bonchev–Trinajstić information content (AvgIpc) is 3.12. The summed E-state index contributed by atoms with van der Waals surface area (Å²) in [4.78, 5) is 36.1. The Kier molecular flexibility index (Phi) is 6.29. The number of ketones is 1. The Bertz CT molecular complexity index is 861. The summed E-state index contributed by atoms with van der Waals surface area (Å²) in [7, 11) is 0. The van der Waals surface area contributed by atoms with Gasteiger partial charge >= 0.3 is 5.97 Å². The number of amides is 1. The van der Waals surface area contributed by atoms with Crippen LogP contribution < -0.4 is 5.32 Å². The third-order valence-corrected chi connectivity index (χ3v) is 5.29. The number of hydrogen-bond donors (Lipinski definition) is 1. The smallest absolute Gasteiger partial charge is 0.316 e. The second-order valence-corrected chi connectivity index (χ2v) is 7.46. The van der Waals surface area contributed by atoms with Gasteiger partial charge in [-0.05, 0) is 66.8 Å². The van der Waals surface area contributed by atoms with Gasteiger partial charge in [0.1, 0.15) is 0 Å². The topological polar surface area (TPSA) is 72.5 Å². The van der Waals surface area contributed by atoms with Gasteiger partial charge in [0, 0.05) is 23.1 Å². The molecule has 0 aliphatic heterocycles. The molecule has 0 saturated carbocycles. The molecule has 0 atom stereocenters. The summed E-state index contributed by atoms with van der Waals surface area (Å²) >= 11 is 1.42. The lowest BCUT2D eigenvalue weighted by molar-refractivity contribution is -0.139. The van der Waals surface area contributed by atoms with E-state index in [1.54, 1.807) is 24.3 Å². The van der Waals surface area contributed by atoms with Crippen LogP contribution in [0.2, 0.25) is 0 Å². The van der Waals surface area contributed by atoms with Gasteiger partial charge in [-0.1, -0.05) is 6.07 Å². The zero-order chi connectivity index (χ0) is 19.2. The SMILES string of the molecule is CC(=O)Nc1ccc(C(=O)COC(=O)CSc2ccc3c(c2)CCC3)cc1. The van der Waals surface area contributed by atoms with Crippen molar-refractivity contribution >= 4 is 35.1 Å². The first-order valence-electron chi connectivity index (χ1n) is 8.82. The van der Waals surface area contributed by atoms with Crippen molar-refractivity contribution in [3.63, 3.8) is 0 Å². The summed E-state index contributed by atoms with van der Waals surface area (Å²) in [5, 5.41) is 2.63. The molecule has 27 heavy (non-hydrogen) atoms. The van der Waals surface area contributed by atoms with E-state index in [2.05, 4.69) is 17.4 Å². The number of Topliss-reactive ketones (excluding diaryl/α,β-unsaturated/α-hetero) is 1. The molecule has 0 aromatic heterocycles. The summed E-state index contributed by atoms with van der Waals surface area (Å²) in [5.74, 6) is -0.694. The fourth-order valence-corrected chi connectivity index (χ4v) is 3.75. The lowest BCUT2D eigenvalue weighted by atomic mass is 10.1. The zero-order valence-corrected chi connectivity index (χ0v) is 15.9. The van der Waals surface area contributed by atoms with Crippen molar-refractivity contribution in [2.75, 3.05) is 17.7 Å². The van der Waals surface area contributed by atoms with Crippen LogP contribution in [0, 0.1) is 0 Å². The minimum atomic E-state index is -0.413. The highest BCUT2D eigenvalue weighted by Gasteiger charge is 2.13. The molecule has 1 amide bonds. The van der Waals surface area contributed by atoms with E-state index in [0.29, 0.717) is 11.3 Å². The standard InChI is InChI=1S/C21H21NO4S/c1-14(23)22-18-8-5-16(6-9-18)20(24)12-26-21(25)13-27-19-10-7-15-3-2-4-17(15)11-19/h5-11H,2-4,12-13H2,1H3,(H,22,23). The molecule has 3 rings (SSSR count). The maximum absolute atomic E-state index is 12.1. The zero-order valence-electron chi connectivity index (χ0n) is 15.1. The first-order chi connectivity index (χ1) is 13.0. The number of nitrogens with one attached hydrogen (secondary N) is 1. The van der Waals surface area contributed by atoms with Crippen molar-refractivity contribution in [2.24, 2.45) is 0 Å². The molecule has 2 aromatic rings. The van der Waals surface area contributed by atoms with Gasteiger partial charge in [0.25, 0.3) is 0 Å². The Morgan fingerprint density at radius 3 is 2.52 bits per heavy atom. The van der Waals surface area contributed by atoms with Crippen molar-refractivity contribution in [3.05, 3.63) is 59.2 Å². The number of ether oxygens (including phenoxy) is 1. The summed E-state index contributed by atoms with van der Waals surface area (Å²) in [5.41, 5.74) is 3.81. The van der Waals surface area contributed by atoms with E-state index < -0.39 is 5.97 Å². The van der Waals surface area contributed by atoms with Crippen LogP contribution in [-0.4, -0.2) is 30.0 Å². The van der Waals surface area contributed by atoms with Crippen LogP contribution >= 0.6 is 11.8 Å². The predicted molar refractivity (Wildman–Crippen MR) is 105 cm³/mol. The number of esters is 1. The van der Waals surface area contributed by atoms with E-state index in [-0.39, 0.29) is 24.1 Å². The Balaban J connectivity index is 1.44. The van der Waals surface area contributed by atoms with Crippen LogP contribution in [0.3, 0.4) is 0 Å². The fourth-order valence-electron chi connectivity index (χ4n) is 2.99. The molecule has 5 nitrogen and oxygen atoms in total. The number of hydrogen-bond acceptors (Lipinski definition) is 5. The first-order valence-corrected chi connectivity index (χ1v) is 9.81. The third kappa shape index (κ3) is 5.44. The monoisotopic (exact) mass is 383 g/mol. The van der Waals surface area contributed by atoms with E-state index in [1.807, 2.05) is 6.07 Å². The highest BCUT2D eigenvalue weighted by atomic mass is 32.2. The van der Waals surface area contributed by atoms with Crippen molar-refractivity contribution in [1.82, 2.24) is 0 Å². The molecule has 140 valence electrons. The molecule has 0 spiro atoms. The lowest BCUT2D eigenvalue weighted by Crippen LogP contribution is -2.15. The Hall–Kier alpha value is -2.60. The molecule has 2 aromatic carbocycles. The van der Waals surface area contributed by atoms with Gasteiger partial charge in [0.05, 0.1) is 5.75 Å². The van der Waals surface area contributed by atoms with E-state index in [9.17, 15) is 14.4 Å². The molecule has 0 saturated heterocycles. The number of carbonyl (C=O) groups is 3. The van der Waals surface area contributed by atoms with Crippen LogP contribution in [0.4, 0.5) is 5.69 Å². The fraction of sp³-hybridized carbons (Fsp3) is 0.286. The van der Waals surface area contributed by atoms with Crippen LogP contribution in [0.25, 0.3) is 0 Å². The second kappa shape index (κ2) is 8.86. The predicted octanol–water partition coefficient (Wildman–Crippen LogP) is 3.65. The number of fused-ring (bicyclic) bond motifs is 1. The number of anilines is 1. The molecule has 0 bridgehead atoms. The number of rotatable bonds is 7. The van der Waals surface area contributed by atoms with Crippen LogP contribution in [0.15, 0.2) is 47.4 Å². The molecule has 0 radical (unpaired) electrons. The molecular weight excluding hydrogens is 362 g/mol. The van der Waals surface area contributed by atoms with Gasteiger partial charge in [-0.15, -0.1) is 11.8 Å². The number of aryl methyl sites for hydroxylation is 2. The maximum Gasteiger partial charge on any atom is 0.316 e. The molecule has 1 aliphatic rings. The minimum absolute atomic E-state index is 0.174. The molecule has 1 N–H and O–H groups in total. The quantitative estimate of drug-likeness (QED) is 0.449. The lowest BCUT2D eigenvalue weighted by Gasteiger charge is -2.07. The van der Waals surface area contributed by atoms with E-state index >= 15 is 0 Å². The Morgan fingerprint density at radius 1 is 1.04 bits per heavy atom. The van der Waals surface area contributed by atoms with Gasteiger partial charge < -0.3 is 10.1 Å². The minimum Gasteiger partial charge on any atom is -0.457 e. The largest absolute Gasteiger partial charge is 0.457 e. The van der Waals surface area contributed by atoms with E-state index in [4.69, 9.17) is 4.74 Å². The van der Waals surface area contributed by atoms with E-state index in [1.165, 1.54) is 36.2 Å². The summed E-state index contributed by atoms with van der Waals surface area (Å²) in [6.07, 6.45) is 3.43. The molecule has 6 heteroatoms. The van der Waals surface area contributed by atoms with Crippen molar-refractivity contribution in [1.29, 1.82) is 0 Å². The van der Waals surface area contributed by atoms with E-state index in [0.717, 1.165) is 17.7 Å². The highest BCUT2D eigenvalue weighted by Crippen LogP contribution is 2.27. The van der Waals surface area contributed by atoms with Crippen molar-refractivity contribution in [2.45, 2.75) is 31.1 Å².